The number of carbonyl (C=O) groups excluding carboxylic acids is 1. The zero-order chi connectivity index (χ0) is 41.6. The normalized spacial score (nSPS) is 21.4. The molecule has 57 heavy (non-hydrogen) atoms. The van der Waals surface area contributed by atoms with Gasteiger partial charge in [-0.15, -0.1) is 0 Å². The van der Waals surface area contributed by atoms with Gasteiger partial charge >= 0.3 is 0 Å². The molecule has 0 aromatic carbocycles. The van der Waals surface area contributed by atoms with Crippen LogP contribution in [0.1, 0.15) is 194 Å². The summed E-state index contributed by atoms with van der Waals surface area (Å²) in [5.41, 5.74) is 0. The molecule has 7 unspecified atom stereocenters. The molecule has 1 heterocycles. The van der Waals surface area contributed by atoms with Gasteiger partial charge in [-0.05, 0) is 64.2 Å². The zero-order valence-corrected chi connectivity index (χ0v) is 36.3. The largest absolute Gasteiger partial charge is 0.394 e. The molecule has 1 aliphatic heterocycles. The number of amides is 1. The van der Waals surface area contributed by atoms with E-state index in [9.17, 15) is 30.3 Å². The molecule has 9 nitrogen and oxygen atoms in total. The summed E-state index contributed by atoms with van der Waals surface area (Å²) in [7, 11) is 0. The van der Waals surface area contributed by atoms with E-state index in [2.05, 4.69) is 55.6 Å². The first-order valence-corrected chi connectivity index (χ1v) is 23.4. The first-order valence-electron chi connectivity index (χ1n) is 23.4. The second-order valence-electron chi connectivity index (χ2n) is 16.2. The highest BCUT2D eigenvalue weighted by Gasteiger charge is 2.44. The second-order valence-corrected chi connectivity index (χ2v) is 16.2. The molecule has 1 rings (SSSR count). The lowest BCUT2D eigenvalue weighted by Gasteiger charge is -2.40. The van der Waals surface area contributed by atoms with Gasteiger partial charge < -0.3 is 40.3 Å². The fraction of sp³-hybridized carbons (Fsp3) is 0.812. The van der Waals surface area contributed by atoms with Crippen LogP contribution >= 0.6 is 0 Å². The van der Waals surface area contributed by atoms with Gasteiger partial charge in [-0.1, -0.05) is 172 Å². The number of hydrogen-bond acceptors (Lipinski definition) is 8. The van der Waals surface area contributed by atoms with Gasteiger partial charge in [-0.2, -0.15) is 0 Å². The third kappa shape index (κ3) is 29.1. The molecule has 0 aromatic heterocycles. The summed E-state index contributed by atoms with van der Waals surface area (Å²) >= 11 is 0. The maximum Gasteiger partial charge on any atom is 0.220 e. The zero-order valence-electron chi connectivity index (χ0n) is 36.3. The molecule has 0 spiro atoms. The Morgan fingerprint density at radius 1 is 0.596 bits per heavy atom. The Hall–Kier alpha value is -1.85. The van der Waals surface area contributed by atoms with Gasteiger partial charge in [0.25, 0.3) is 0 Å². The van der Waals surface area contributed by atoms with Gasteiger partial charge in [0.2, 0.25) is 5.91 Å². The van der Waals surface area contributed by atoms with Gasteiger partial charge in [0.1, 0.15) is 24.4 Å². The highest BCUT2D eigenvalue weighted by Crippen LogP contribution is 2.22. The molecule has 0 aromatic rings. The molecular weight excluding hydrogens is 719 g/mol. The number of aliphatic hydroxyl groups is 5. The lowest BCUT2D eigenvalue weighted by Crippen LogP contribution is -2.60. The van der Waals surface area contributed by atoms with E-state index in [-0.39, 0.29) is 12.5 Å². The van der Waals surface area contributed by atoms with Gasteiger partial charge in [0.05, 0.1) is 25.4 Å². The van der Waals surface area contributed by atoms with Crippen molar-refractivity contribution in [2.75, 3.05) is 13.2 Å². The van der Waals surface area contributed by atoms with Gasteiger partial charge in [0.15, 0.2) is 6.29 Å². The minimum Gasteiger partial charge on any atom is -0.394 e. The Morgan fingerprint density at radius 2 is 1.05 bits per heavy atom. The number of nitrogens with one attached hydrogen (secondary N) is 1. The Balaban J connectivity index is 2.37. The average molecular weight is 806 g/mol. The van der Waals surface area contributed by atoms with Crippen LogP contribution in [0.2, 0.25) is 0 Å². The molecule has 332 valence electrons. The number of hydrogen-bond donors (Lipinski definition) is 6. The van der Waals surface area contributed by atoms with Crippen molar-refractivity contribution in [1.82, 2.24) is 5.32 Å². The molecule has 1 saturated heterocycles. The van der Waals surface area contributed by atoms with E-state index < -0.39 is 49.5 Å². The van der Waals surface area contributed by atoms with E-state index in [1.807, 2.05) is 6.08 Å². The summed E-state index contributed by atoms with van der Waals surface area (Å²) in [6.07, 6.45) is 41.5. The van der Waals surface area contributed by atoms with Crippen molar-refractivity contribution in [1.29, 1.82) is 0 Å². The topological polar surface area (TPSA) is 149 Å². The Kier molecular flexibility index (Phi) is 35.8. The van der Waals surface area contributed by atoms with Gasteiger partial charge in [0, 0.05) is 6.42 Å². The SMILES string of the molecule is CCCCC/C=C\C/C=C\CCCCCCCCCCCC(=O)NC(COC1OC(CO)C(O)C(O)C1O)C(O)/C=C/CC/C=C/CCCCCCCCCCC. The van der Waals surface area contributed by atoms with E-state index in [0.717, 1.165) is 51.4 Å². The fourth-order valence-electron chi connectivity index (χ4n) is 7.08. The van der Waals surface area contributed by atoms with E-state index >= 15 is 0 Å². The minimum atomic E-state index is -1.57. The Morgan fingerprint density at radius 3 is 1.61 bits per heavy atom. The smallest absolute Gasteiger partial charge is 0.220 e. The second kappa shape index (κ2) is 38.4. The highest BCUT2D eigenvalue weighted by atomic mass is 16.7. The number of allylic oxidation sites excluding steroid dienone is 7. The number of ether oxygens (including phenoxy) is 2. The summed E-state index contributed by atoms with van der Waals surface area (Å²) in [5, 5.41) is 54.2. The molecule has 1 fully saturated rings. The molecule has 9 heteroatoms. The summed E-state index contributed by atoms with van der Waals surface area (Å²) < 4.78 is 11.2. The van der Waals surface area contributed by atoms with Crippen molar-refractivity contribution in [3.63, 3.8) is 0 Å². The van der Waals surface area contributed by atoms with E-state index in [1.54, 1.807) is 6.08 Å². The number of unbranched alkanes of at least 4 members (excludes halogenated alkanes) is 22. The lowest BCUT2D eigenvalue weighted by molar-refractivity contribution is -0.302. The maximum absolute atomic E-state index is 13.0. The molecular formula is C48H87NO8. The third-order valence-corrected chi connectivity index (χ3v) is 10.9. The van der Waals surface area contributed by atoms with Crippen molar-refractivity contribution in [3.05, 3.63) is 48.6 Å². The fourth-order valence-corrected chi connectivity index (χ4v) is 7.08. The van der Waals surface area contributed by atoms with Crippen LogP contribution in [0.5, 0.6) is 0 Å². The molecule has 7 atom stereocenters. The van der Waals surface area contributed by atoms with Crippen molar-refractivity contribution >= 4 is 5.91 Å². The lowest BCUT2D eigenvalue weighted by atomic mass is 9.99. The number of aliphatic hydroxyl groups excluding tert-OH is 5. The third-order valence-electron chi connectivity index (χ3n) is 10.9. The summed E-state index contributed by atoms with van der Waals surface area (Å²) in [6.45, 7) is 3.72. The van der Waals surface area contributed by atoms with Crippen LogP contribution in [-0.4, -0.2) is 87.5 Å². The monoisotopic (exact) mass is 806 g/mol. The molecule has 0 bridgehead atoms. The van der Waals surface area contributed by atoms with Crippen LogP contribution in [0.25, 0.3) is 0 Å². The maximum atomic E-state index is 13.0. The van der Waals surface area contributed by atoms with Crippen LogP contribution in [0, 0.1) is 0 Å². The van der Waals surface area contributed by atoms with Crippen LogP contribution in [-0.2, 0) is 14.3 Å². The standard InChI is InChI=1S/C48H87NO8/c1-3-5-7-9-11-13-15-17-19-20-21-22-24-26-28-30-32-34-36-38-44(52)49-41(40-56-48-47(55)46(54)45(53)43(39-50)57-48)42(51)37-35-33-31-29-27-25-23-18-16-14-12-10-8-6-4-2/h11,13,17,19,27,29,35,37,41-43,45-48,50-51,53-55H,3-10,12,14-16,18,20-26,28,30-34,36,38-40H2,1-2H3,(H,49,52)/b13-11-,19-17-,29-27+,37-35+. The summed E-state index contributed by atoms with van der Waals surface area (Å²) in [4.78, 5) is 13.0. The van der Waals surface area contributed by atoms with Crippen LogP contribution in [0.15, 0.2) is 48.6 Å². The number of carbonyl (C=O) groups is 1. The predicted octanol–water partition coefficient (Wildman–Crippen LogP) is 9.84. The Labute approximate surface area is 348 Å². The van der Waals surface area contributed by atoms with Crippen LogP contribution < -0.4 is 5.32 Å². The summed E-state index contributed by atoms with van der Waals surface area (Å²) in [6, 6.07) is -0.823. The van der Waals surface area contributed by atoms with Crippen molar-refractivity contribution in [2.24, 2.45) is 0 Å². The van der Waals surface area contributed by atoms with Crippen LogP contribution in [0.4, 0.5) is 0 Å². The Bertz CT molecular complexity index is 1030. The quantitative estimate of drug-likeness (QED) is 0.0267. The van der Waals surface area contributed by atoms with Gasteiger partial charge in [-0.3, -0.25) is 4.79 Å². The molecule has 0 aliphatic carbocycles. The number of rotatable bonds is 38. The van der Waals surface area contributed by atoms with E-state index in [4.69, 9.17) is 9.47 Å². The molecule has 1 aliphatic rings. The van der Waals surface area contributed by atoms with Gasteiger partial charge in [-0.25, -0.2) is 0 Å². The van der Waals surface area contributed by atoms with Crippen molar-refractivity contribution in [3.8, 4) is 0 Å². The molecule has 0 radical (unpaired) electrons. The molecule has 0 saturated carbocycles. The first kappa shape index (κ1) is 53.2. The van der Waals surface area contributed by atoms with E-state index in [0.29, 0.717) is 6.42 Å². The first-order chi connectivity index (χ1) is 27.8. The highest BCUT2D eigenvalue weighted by molar-refractivity contribution is 5.76. The minimum absolute atomic E-state index is 0.193. The predicted molar refractivity (Wildman–Crippen MR) is 235 cm³/mol. The van der Waals surface area contributed by atoms with Crippen molar-refractivity contribution < 1.29 is 39.8 Å². The molecule has 6 N–H and O–H groups in total. The molecule has 1 amide bonds. The van der Waals surface area contributed by atoms with E-state index in [1.165, 1.54) is 122 Å². The average Bonchev–Trinajstić information content (AvgIpc) is 3.21. The summed E-state index contributed by atoms with van der Waals surface area (Å²) in [5.74, 6) is -0.193. The van der Waals surface area contributed by atoms with Crippen molar-refractivity contribution in [2.45, 2.75) is 236 Å². The van der Waals surface area contributed by atoms with Crippen LogP contribution in [0.3, 0.4) is 0 Å².